The van der Waals surface area contributed by atoms with Crippen molar-refractivity contribution in [1.82, 2.24) is 0 Å². The molecule has 0 bridgehead atoms. The van der Waals surface area contributed by atoms with Gasteiger partial charge in [-0.3, -0.25) is 0 Å². The van der Waals surface area contributed by atoms with E-state index in [4.69, 9.17) is 0 Å². The summed E-state index contributed by atoms with van der Waals surface area (Å²) in [6.45, 7) is 9.21. The van der Waals surface area contributed by atoms with Crippen LogP contribution < -0.4 is 0 Å². The Labute approximate surface area is 193 Å². The molecule has 5 nitrogen and oxygen atoms in total. The fourth-order valence-electron chi connectivity index (χ4n) is 9.11. The molecule has 0 radical (unpaired) electrons. The van der Waals surface area contributed by atoms with Gasteiger partial charge in [-0.15, -0.1) is 0 Å². The zero-order valence-electron chi connectivity index (χ0n) is 20.4. The Kier molecular flexibility index (Phi) is 6.90. The quantitative estimate of drug-likeness (QED) is 0.414. The van der Waals surface area contributed by atoms with Crippen LogP contribution in [-0.2, 0) is 0 Å². The highest BCUT2D eigenvalue weighted by Gasteiger charge is 2.65. The molecule has 4 saturated carbocycles. The van der Waals surface area contributed by atoms with E-state index in [1.165, 1.54) is 0 Å². The second-order valence-corrected chi connectivity index (χ2v) is 12.4. The third-order valence-electron chi connectivity index (χ3n) is 10.7. The molecule has 4 fully saturated rings. The molecule has 4 rings (SSSR count). The van der Waals surface area contributed by atoms with Crippen molar-refractivity contribution in [1.29, 1.82) is 0 Å². The second-order valence-electron chi connectivity index (χ2n) is 12.4. The highest BCUT2D eigenvalue weighted by molar-refractivity contribution is 5.15. The fraction of sp³-hybridized carbons (Fsp3) is 0.926. The normalized spacial score (nSPS) is 52.8. The van der Waals surface area contributed by atoms with Gasteiger partial charge in [-0.25, -0.2) is 0 Å². The van der Waals surface area contributed by atoms with Gasteiger partial charge in [0.2, 0.25) is 0 Å². The first-order valence-corrected chi connectivity index (χ1v) is 13.1. The maximum atomic E-state index is 11.3. The van der Waals surface area contributed by atoms with E-state index < -0.39 is 18.3 Å². The van der Waals surface area contributed by atoms with Crippen molar-refractivity contribution in [2.45, 2.75) is 97.1 Å². The van der Waals surface area contributed by atoms with Gasteiger partial charge in [0.15, 0.2) is 0 Å². The van der Waals surface area contributed by atoms with Gasteiger partial charge in [0.05, 0.1) is 24.4 Å². The predicted octanol–water partition coefficient (Wildman–Crippen LogP) is 3.13. The zero-order valence-corrected chi connectivity index (χ0v) is 20.4. The Hall–Kier alpha value is -0.460. The van der Waals surface area contributed by atoms with Crippen molar-refractivity contribution < 1.29 is 25.5 Å². The lowest BCUT2D eigenvalue weighted by molar-refractivity contribution is -0.217. The maximum absolute atomic E-state index is 11.3. The van der Waals surface area contributed by atoms with Crippen molar-refractivity contribution >= 4 is 0 Å². The lowest BCUT2D eigenvalue weighted by Gasteiger charge is -2.63. The van der Waals surface area contributed by atoms with Crippen molar-refractivity contribution in [3.8, 4) is 0 Å². The Morgan fingerprint density at radius 3 is 2.19 bits per heavy atom. The van der Waals surface area contributed by atoms with E-state index in [0.29, 0.717) is 36.5 Å². The van der Waals surface area contributed by atoms with E-state index >= 15 is 0 Å². The van der Waals surface area contributed by atoms with Crippen LogP contribution in [0.5, 0.6) is 0 Å². The number of aliphatic hydroxyl groups excluding tert-OH is 5. The first-order valence-electron chi connectivity index (χ1n) is 13.1. The predicted molar refractivity (Wildman–Crippen MR) is 125 cm³/mol. The van der Waals surface area contributed by atoms with E-state index in [1.807, 2.05) is 0 Å². The molecule has 5 heteroatoms. The summed E-state index contributed by atoms with van der Waals surface area (Å²) in [6.07, 6.45) is 7.71. The molecule has 13 atom stereocenters. The minimum absolute atomic E-state index is 0.0419. The summed E-state index contributed by atoms with van der Waals surface area (Å²) >= 11 is 0. The van der Waals surface area contributed by atoms with E-state index in [-0.39, 0.29) is 41.3 Å². The van der Waals surface area contributed by atoms with Crippen LogP contribution in [0, 0.1) is 52.3 Å². The average Bonchev–Trinajstić information content (AvgIpc) is 3.00. The highest BCUT2D eigenvalue weighted by Crippen LogP contribution is 2.68. The summed E-state index contributed by atoms with van der Waals surface area (Å²) in [5.74, 6) is 1.65. The molecular formula is C27H46O5. The molecule has 4 aliphatic carbocycles. The first-order chi connectivity index (χ1) is 15.0. The number of aliphatic hydroxyl groups is 5. The summed E-state index contributed by atoms with van der Waals surface area (Å²) in [5, 5.41) is 52.7. The molecule has 5 N–H and O–H groups in total. The molecule has 0 saturated heterocycles. The van der Waals surface area contributed by atoms with Gasteiger partial charge in [-0.1, -0.05) is 39.8 Å². The van der Waals surface area contributed by atoms with Gasteiger partial charge < -0.3 is 25.5 Å². The molecule has 3 unspecified atom stereocenters. The minimum Gasteiger partial charge on any atom is -0.396 e. The van der Waals surface area contributed by atoms with Crippen molar-refractivity contribution in [2.75, 3.05) is 6.61 Å². The van der Waals surface area contributed by atoms with Crippen LogP contribution in [0.1, 0.15) is 72.6 Å². The van der Waals surface area contributed by atoms with Crippen LogP contribution >= 0.6 is 0 Å². The SMILES string of the molecule is CC(/C=C/[C@@H](C)[C@H]1C[C@@H](O)[C@H]2[C@@H]3C[C@H](O)C4C(O)[C@@H](O)CC[C@]4(C)[C@H]3CC[C@@]21C)CCO. The zero-order chi connectivity index (χ0) is 23.4. The van der Waals surface area contributed by atoms with Crippen molar-refractivity contribution in [2.24, 2.45) is 52.3 Å². The number of rotatable bonds is 5. The van der Waals surface area contributed by atoms with Gasteiger partial charge in [-0.05, 0) is 91.3 Å². The van der Waals surface area contributed by atoms with Gasteiger partial charge in [-0.2, -0.15) is 0 Å². The lowest BCUT2D eigenvalue weighted by atomic mass is 9.43. The van der Waals surface area contributed by atoms with E-state index in [9.17, 15) is 25.5 Å². The molecule has 0 aromatic heterocycles. The molecule has 0 amide bonds. The molecule has 0 spiro atoms. The third-order valence-corrected chi connectivity index (χ3v) is 10.7. The lowest BCUT2D eigenvalue weighted by Crippen LogP contribution is -2.63. The van der Waals surface area contributed by atoms with Gasteiger partial charge in [0.1, 0.15) is 0 Å². The molecule has 0 aliphatic heterocycles. The van der Waals surface area contributed by atoms with Crippen molar-refractivity contribution in [3.05, 3.63) is 12.2 Å². The Morgan fingerprint density at radius 2 is 1.50 bits per heavy atom. The molecular weight excluding hydrogens is 404 g/mol. The smallest absolute Gasteiger partial charge is 0.0857 e. The van der Waals surface area contributed by atoms with Gasteiger partial charge in [0.25, 0.3) is 0 Å². The summed E-state index contributed by atoms with van der Waals surface area (Å²) in [4.78, 5) is 0. The van der Waals surface area contributed by atoms with Crippen LogP contribution in [0.25, 0.3) is 0 Å². The van der Waals surface area contributed by atoms with E-state index in [2.05, 4.69) is 39.8 Å². The topological polar surface area (TPSA) is 101 Å². The van der Waals surface area contributed by atoms with E-state index in [0.717, 1.165) is 32.1 Å². The third kappa shape index (κ3) is 3.80. The Bertz CT molecular complexity index is 696. The second kappa shape index (κ2) is 8.96. The Morgan fingerprint density at radius 1 is 0.844 bits per heavy atom. The van der Waals surface area contributed by atoms with Gasteiger partial charge >= 0.3 is 0 Å². The number of fused-ring (bicyclic) bond motifs is 5. The molecule has 4 aliphatic rings. The highest BCUT2D eigenvalue weighted by atomic mass is 16.3. The van der Waals surface area contributed by atoms with Crippen LogP contribution in [0.2, 0.25) is 0 Å². The number of hydrogen-bond donors (Lipinski definition) is 5. The number of allylic oxidation sites excluding steroid dienone is 2. The maximum Gasteiger partial charge on any atom is 0.0857 e. The minimum atomic E-state index is -0.856. The summed E-state index contributed by atoms with van der Waals surface area (Å²) in [6, 6.07) is 0. The molecule has 184 valence electrons. The summed E-state index contributed by atoms with van der Waals surface area (Å²) < 4.78 is 0. The van der Waals surface area contributed by atoms with Crippen LogP contribution in [0.4, 0.5) is 0 Å². The fourth-order valence-corrected chi connectivity index (χ4v) is 9.11. The molecule has 0 aromatic carbocycles. The van der Waals surface area contributed by atoms with Crippen LogP contribution in [0.3, 0.4) is 0 Å². The van der Waals surface area contributed by atoms with Gasteiger partial charge in [0, 0.05) is 12.5 Å². The standard InChI is InChI=1S/C27H46O5/c1-15(9-12-28)5-6-16(2)19-14-22(31)23-17-13-21(30)24-25(32)20(29)8-11-26(24,3)18(17)7-10-27(19,23)4/h5-6,15-25,28-32H,7-14H2,1-4H3/b6-5+/t15?,16-,17-,18+,19-,20+,21+,22-,23-,24?,25?,26-,27-/m1/s1. The summed E-state index contributed by atoms with van der Waals surface area (Å²) in [7, 11) is 0. The Balaban J connectivity index is 1.58. The molecule has 0 heterocycles. The van der Waals surface area contributed by atoms with E-state index in [1.54, 1.807) is 0 Å². The average molecular weight is 451 g/mol. The largest absolute Gasteiger partial charge is 0.396 e. The molecule has 32 heavy (non-hydrogen) atoms. The summed E-state index contributed by atoms with van der Waals surface area (Å²) in [5.41, 5.74) is -0.147. The molecule has 0 aromatic rings. The van der Waals surface area contributed by atoms with Crippen molar-refractivity contribution in [3.63, 3.8) is 0 Å². The number of hydrogen-bond acceptors (Lipinski definition) is 5. The first kappa shape index (κ1) is 24.7. The monoisotopic (exact) mass is 450 g/mol. The van der Waals surface area contributed by atoms with Crippen LogP contribution in [-0.4, -0.2) is 56.6 Å². The van der Waals surface area contributed by atoms with Crippen LogP contribution in [0.15, 0.2) is 12.2 Å².